The lowest BCUT2D eigenvalue weighted by molar-refractivity contribution is 0.0693. The number of aromatic hydroxyl groups is 1. The summed E-state index contributed by atoms with van der Waals surface area (Å²) in [6.45, 7) is 3.09. The fourth-order valence-corrected chi connectivity index (χ4v) is 3.74. The van der Waals surface area contributed by atoms with Crippen molar-refractivity contribution < 1.29 is 28.2 Å². The largest absolute Gasteiger partial charge is 0.507 e. The molecule has 33 heavy (non-hydrogen) atoms. The topological polar surface area (TPSA) is 171 Å². The molecule has 3 rings (SSSR count). The molecule has 0 radical (unpaired) electrons. The van der Waals surface area contributed by atoms with E-state index < -0.39 is 33.1 Å². The molecule has 0 unspecified atom stereocenters. The second-order valence-electron chi connectivity index (χ2n) is 6.93. The summed E-state index contributed by atoms with van der Waals surface area (Å²) in [6.07, 6.45) is 0. The van der Waals surface area contributed by atoms with Gasteiger partial charge in [-0.25, -0.2) is 27.9 Å². The normalized spacial score (nSPS) is 11.5. The number of hydrogen-bond donors (Lipinski definition) is 3. The number of ketones is 1. The lowest BCUT2D eigenvalue weighted by Gasteiger charge is -2.08. The first kappa shape index (κ1) is 23.5. The highest BCUT2D eigenvalue weighted by Crippen LogP contribution is 2.20. The summed E-state index contributed by atoms with van der Waals surface area (Å²) in [4.78, 5) is 31.3. The molecular weight excluding hydrogens is 450 g/mol. The Morgan fingerprint density at radius 3 is 2.24 bits per heavy atom. The number of carbonyl (C=O) groups excluding carboxylic acids is 1. The molecule has 0 amide bonds. The number of carboxylic acid groups (broad SMARTS) is 1. The minimum absolute atomic E-state index is 0.0323. The fourth-order valence-electron chi connectivity index (χ4n) is 2.80. The molecule has 0 spiro atoms. The van der Waals surface area contributed by atoms with Crippen LogP contribution in [0.15, 0.2) is 63.7 Å². The molecule has 0 saturated carbocycles. The van der Waals surface area contributed by atoms with E-state index in [4.69, 9.17) is 5.11 Å². The number of phenols is 1. The average Bonchev–Trinajstić information content (AvgIpc) is 2.73. The van der Waals surface area contributed by atoms with Gasteiger partial charge in [-0.1, -0.05) is 0 Å². The summed E-state index contributed by atoms with van der Waals surface area (Å²) < 4.78 is 27.4. The van der Waals surface area contributed by atoms with Crippen LogP contribution in [0.3, 0.4) is 0 Å². The van der Waals surface area contributed by atoms with Gasteiger partial charge in [0, 0.05) is 17.0 Å². The Kier molecular flexibility index (Phi) is 6.78. The molecule has 12 heteroatoms. The summed E-state index contributed by atoms with van der Waals surface area (Å²) in [6, 6.07) is 10.6. The van der Waals surface area contributed by atoms with Crippen LogP contribution >= 0.6 is 0 Å². The van der Waals surface area contributed by atoms with Crippen LogP contribution in [0.5, 0.6) is 5.75 Å². The first-order valence-corrected chi connectivity index (χ1v) is 11.0. The number of aromatic carboxylic acids is 1. The Labute approximate surface area is 188 Å². The molecule has 0 aliphatic carbocycles. The second kappa shape index (κ2) is 9.53. The maximum atomic E-state index is 12.5. The van der Waals surface area contributed by atoms with Crippen LogP contribution in [-0.4, -0.2) is 46.9 Å². The highest BCUT2D eigenvalue weighted by molar-refractivity contribution is 7.92. The third kappa shape index (κ3) is 5.95. The van der Waals surface area contributed by atoms with Crippen molar-refractivity contribution >= 4 is 33.4 Å². The number of hydrogen-bond acceptors (Lipinski definition) is 9. The van der Waals surface area contributed by atoms with Crippen molar-refractivity contribution in [1.29, 1.82) is 0 Å². The molecule has 0 fully saturated rings. The Hall–Kier alpha value is -4.19. The minimum atomic E-state index is -3.92. The summed E-state index contributed by atoms with van der Waals surface area (Å²) >= 11 is 0. The molecule has 11 nitrogen and oxygen atoms in total. The molecule has 0 saturated heterocycles. The van der Waals surface area contributed by atoms with E-state index in [9.17, 15) is 23.1 Å². The van der Waals surface area contributed by atoms with Crippen molar-refractivity contribution in [2.75, 3.05) is 11.3 Å². The molecule has 1 aromatic heterocycles. The molecule has 2 aromatic carbocycles. The summed E-state index contributed by atoms with van der Waals surface area (Å²) in [5.41, 5.74) is 1.22. The number of nitrogens with one attached hydrogen (secondary N) is 1. The van der Waals surface area contributed by atoms with Gasteiger partial charge < -0.3 is 10.2 Å². The van der Waals surface area contributed by atoms with E-state index in [-0.39, 0.29) is 23.0 Å². The number of rotatable bonds is 8. The molecule has 0 aliphatic rings. The third-order valence-electron chi connectivity index (χ3n) is 4.30. The molecule has 3 N–H and O–H groups in total. The number of carboxylic acids is 1. The predicted molar refractivity (Wildman–Crippen MR) is 118 cm³/mol. The lowest BCUT2D eigenvalue weighted by Crippen LogP contribution is -2.15. The first-order chi connectivity index (χ1) is 15.5. The number of carbonyl (C=O) groups is 2. The van der Waals surface area contributed by atoms with E-state index in [0.29, 0.717) is 17.1 Å². The van der Waals surface area contributed by atoms with Crippen LogP contribution in [0, 0.1) is 13.8 Å². The van der Waals surface area contributed by atoms with Crippen molar-refractivity contribution in [3.63, 3.8) is 0 Å². The number of nitrogens with zero attached hydrogens (tertiary/aromatic N) is 4. The SMILES string of the molecule is Cc1cc(C)nc(NS(=O)(=O)c2ccc(N=NCC(=O)c3ccc(O)c(C(=O)O)c3)cc2)n1. The summed E-state index contributed by atoms with van der Waals surface area (Å²) in [5.74, 6) is -2.35. The van der Waals surface area contributed by atoms with E-state index >= 15 is 0 Å². The van der Waals surface area contributed by atoms with Crippen molar-refractivity contribution in [2.45, 2.75) is 18.7 Å². The molecule has 3 aromatic rings. The maximum absolute atomic E-state index is 12.5. The number of benzene rings is 2. The zero-order chi connectivity index (χ0) is 24.2. The van der Waals surface area contributed by atoms with Gasteiger partial charge in [-0.05, 0) is 62.4 Å². The van der Waals surface area contributed by atoms with Crippen LogP contribution < -0.4 is 4.72 Å². The molecule has 170 valence electrons. The van der Waals surface area contributed by atoms with Gasteiger partial charge in [0.15, 0.2) is 5.78 Å². The van der Waals surface area contributed by atoms with Gasteiger partial charge in [-0.15, -0.1) is 0 Å². The van der Waals surface area contributed by atoms with E-state index in [0.717, 1.165) is 12.1 Å². The number of sulfonamides is 1. The Morgan fingerprint density at radius 2 is 1.64 bits per heavy atom. The van der Waals surface area contributed by atoms with Gasteiger partial charge in [0.05, 0.1) is 10.6 Å². The smallest absolute Gasteiger partial charge is 0.339 e. The highest BCUT2D eigenvalue weighted by Gasteiger charge is 2.16. The first-order valence-electron chi connectivity index (χ1n) is 9.47. The standard InChI is InChI=1S/C21H19N5O6S/c1-12-9-13(2)24-21(23-12)26-33(31,32)16-6-4-15(5-7-16)25-22-11-19(28)14-3-8-18(27)17(10-14)20(29)30/h3-10,27H,11H2,1-2H3,(H,29,30)(H,23,24,26). The third-order valence-corrected chi connectivity index (χ3v) is 5.65. The molecule has 0 atom stereocenters. The van der Waals surface area contributed by atoms with Crippen molar-refractivity contribution in [3.05, 3.63) is 71.0 Å². The monoisotopic (exact) mass is 469 g/mol. The Balaban J connectivity index is 1.67. The van der Waals surface area contributed by atoms with Crippen molar-refractivity contribution in [2.24, 2.45) is 10.2 Å². The Morgan fingerprint density at radius 1 is 1.00 bits per heavy atom. The second-order valence-corrected chi connectivity index (χ2v) is 8.62. The van der Waals surface area contributed by atoms with Crippen LogP contribution in [0.25, 0.3) is 0 Å². The zero-order valence-corrected chi connectivity index (χ0v) is 18.4. The predicted octanol–water partition coefficient (Wildman–Crippen LogP) is 3.26. The van der Waals surface area contributed by atoms with Gasteiger partial charge in [0.1, 0.15) is 17.9 Å². The van der Waals surface area contributed by atoms with E-state index in [2.05, 4.69) is 24.9 Å². The number of azo groups is 1. The van der Waals surface area contributed by atoms with Crippen LogP contribution in [0.2, 0.25) is 0 Å². The number of aromatic nitrogens is 2. The van der Waals surface area contributed by atoms with Crippen LogP contribution in [-0.2, 0) is 10.0 Å². The molecule has 1 heterocycles. The molecule has 0 bridgehead atoms. The van der Waals surface area contributed by atoms with Crippen molar-refractivity contribution in [1.82, 2.24) is 9.97 Å². The molecule has 0 aliphatic heterocycles. The van der Waals surface area contributed by atoms with E-state index in [1.165, 1.54) is 30.3 Å². The average molecular weight is 469 g/mol. The number of aryl methyl sites for hydroxylation is 2. The lowest BCUT2D eigenvalue weighted by atomic mass is 10.1. The van der Waals surface area contributed by atoms with E-state index in [1.807, 2.05) is 0 Å². The number of anilines is 1. The van der Waals surface area contributed by atoms with Crippen LogP contribution in [0.4, 0.5) is 11.6 Å². The fraction of sp³-hybridized carbons (Fsp3) is 0.143. The van der Waals surface area contributed by atoms with Gasteiger partial charge in [0.2, 0.25) is 5.95 Å². The van der Waals surface area contributed by atoms with Gasteiger partial charge in [-0.3, -0.25) is 4.79 Å². The molecular formula is C21H19N5O6S. The summed E-state index contributed by atoms with van der Waals surface area (Å²) in [5, 5.41) is 26.2. The number of Topliss-reactive ketones (excluding diaryl/α,β-unsaturated/α-hetero) is 1. The zero-order valence-electron chi connectivity index (χ0n) is 17.6. The van der Waals surface area contributed by atoms with Gasteiger partial charge in [-0.2, -0.15) is 10.2 Å². The quantitative estimate of drug-likeness (QED) is 0.333. The van der Waals surface area contributed by atoms with Crippen LogP contribution in [0.1, 0.15) is 32.1 Å². The van der Waals surface area contributed by atoms with Gasteiger partial charge >= 0.3 is 5.97 Å². The van der Waals surface area contributed by atoms with Crippen molar-refractivity contribution in [3.8, 4) is 5.75 Å². The van der Waals surface area contributed by atoms with Gasteiger partial charge in [0.25, 0.3) is 10.0 Å². The Bertz CT molecular complexity index is 1330. The maximum Gasteiger partial charge on any atom is 0.339 e. The minimum Gasteiger partial charge on any atom is -0.507 e. The van der Waals surface area contributed by atoms with E-state index in [1.54, 1.807) is 19.9 Å². The summed E-state index contributed by atoms with van der Waals surface area (Å²) in [7, 11) is -3.92. The highest BCUT2D eigenvalue weighted by atomic mass is 32.2.